The molecule has 174 valence electrons. The van der Waals surface area contributed by atoms with Gasteiger partial charge in [0.2, 0.25) is 0 Å². The zero-order valence-electron chi connectivity index (χ0n) is 19.4. The Morgan fingerprint density at radius 3 is 2.82 bits per heavy atom. The van der Waals surface area contributed by atoms with Crippen LogP contribution < -0.4 is 15.5 Å². The number of piperidine rings is 1. The van der Waals surface area contributed by atoms with Gasteiger partial charge in [0.1, 0.15) is 0 Å². The van der Waals surface area contributed by atoms with Crippen molar-refractivity contribution in [3.8, 4) is 11.1 Å². The number of aromatic nitrogens is 3. The normalized spacial score (nSPS) is 20.2. The highest BCUT2D eigenvalue weighted by Crippen LogP contribution is 2.35. The molecular formula is C26H28N6OS. The van der Waals surface area contributed by atoms with Crippen LogP contribution in [-0.4, -0.2) is 47.5 Å². The molecule has 1 aromatic carbocycles. The van der Waals surface area contributed by atoms with E-state index in [1.807, 2.05) is 13.2 Å². The maximum Gasteiger partial charge on any atom is 0.183 e. The van der Waals surface area contributed by atoms with Crippen molar-refractivity contribution in [3.63, 3.8) is 0 Å². The van der Waals surface area contributed by atoms with Gasteiger partial charge < -0.3 is 20.3 Å². The summed E-state index contributed by atoms with van der Waals surface area (Å²) < 4.78 is 5.80. The van der Waals surface area contributed by atoms with Crippen LogP contribution in [0.1, 0.15) is 29.8 Å². The van der Waals surface area contributed by atoms with Crippen molar-refractivity contribution < 1.29 is 4.74 Å². The molecule has 8 heteroatoms. The molecule has 3 fully saturated rings. The molecule has 0 aliphatic carbocycles. The van der Waals surface area contributed by atoms with Gasteiger partial charge in [-0.3, -0.25) is 0 Å². The summed E-state index contributed by atoms with van der Waals surface area (Å²) >= 11 is 1.78. The molecule has 2 bridgehead atoms. The third-order valence-electron chi connectivity index (χ3n) is 6.72. The standard InChI is InChI=1S/C26H28N6OS/c1-16(25-7-18(15-34-25)22-6-4-3-5-17(22)10-27-2)30-24-12-29-31-26-23(24)8-19(11-28-26)32-13-20-9-21(14-32)33-20/h3-8,11-12,15-16,20-21,27H,9-10,13-14H2,1-2H3,(H,28,30,31)/t16-,20?,21?/m1/s1. The molecular weight excluding hydrogens is 444 g/mol. The summed E-state index contributed by atoms with van der Waals surface area (Å²) in [5.41, 5.74) is 6.57. The molecule has 0 spiro atoms. The van der Waals surface area contributed by atoms with Gasteiger partial charge in [0.25, 0.3) is 0 Å². The average Bonchev–Trinajstić information content (AvgIpc) is 3.35. The SMILES string of the molecule is CNCc1ccccc1-c1csc([C@@H](C)Nc2cnnc3ncc(N4CC5CC(C4)O5)cc23)c1. The van der Waals surface area contributed by atoms with E-state index in [2.05, 4.69) is 79.4 Å². The van der Waals surface area contributed by atoms with E-state index in [0.29, 0.717) is 17.9 Å². The third-order valence-corrected chi connectivity index (χ3v) is 7.84. The lowest BCUT2D eigenvalue weighted by molar-refractivity contribution is -0.133. The highest BCUT2D eigenvalue weighted by molar-refractivity contribution is 7.10. The number of nitrogens with one attached hydrogen (secondary N) is 2. The lowest BCUT2D eigenvalue weighted by Gasteiger charge is -2.47. The van der Waals surface area contributed by atoms with E-state index in [1.165, 1.54) is 28.0 Å². The van der Waals surface area contributed by atoms with E-state index < -0.39 is 0 Å². The monoisotopic (exact) mass is 472 g/mol. The van der Waals surface area contributed by atoms with Crippen molar-refractivity contribution in [1.82, 2.24) is 20.5 Å². The number of hydrogen-bond acceptors (Lipinski definition) is 8. The van der Waals surface area contributed by atoms with Gasteiger partial charge in [0.15, 0.2) is 5.65 Å². The van der Waals surface area contributed by atoms with Crippen molar-refractivity contribution in [1.29, 1.82) is 0 Å². The maximum absolute atomic E-state index is 5.80. The van der Waals surface area contributed by atoms with Crippen molar-refractivity contribution >= 4 is 33.7 Å². The van der Waals surface area contributed by atoms with Crippen LogP contribution in [-0.2, 0) is 11.3 Å². The number of thiophene rings is 1. The molecule has 3 aliphatic heterocycles. The number of rotatable bonds is 7. The largest absolute Gasteiger partial charge is 0.376 e. The quantitative estimate of drug-likeness (QED) is 0.406. The fraction of sp³-hybridized carbons (Fsp3) is 0.346. The van der Waals surface area contributed by atoms with Gasteiger partial charge >= 0.3 is 0 Å². The lowest BCUT2D eigenvalue weighted by Crippen LogP contribution is -2.57. The van der Waals surface area contributed by atoms with Gasteiger partial charge in [0.05, 0.1) is 42.0 Å². The summed E-state index contributed by atoms with van der Waals surface area (Å²) in [6.45, 7) is 4.89. The average molecular weight is 473 g/mol. The Kier molecular flexibility index (Phi) is 5.64. The smallest absolute Gasteiger partial charge is 0.183 e. The Bertz CT molecular complexity index is 1310. The molecule has 6 heterocycles. The highest BCUT2D eigenvalue weighted by Gasteiger charge is 2.38. The second-order valence-corrected chi connectivity index (χ2v) is 10.1. The summed E-state index contributed by atoms with van der Waals surface area (Å²) in [7, 11) is 1.98. The Labute approximate surface area is 203 Å². The topological polar surface area (TPSA) is 75.2 Å². The van der Waals surface area contributed by atoms with Crippen molar-refractivity contribution in [2.75, 3.05) is 30.4 Å². The fourth-order valence-corrected chi connectivity index (χ4v) is 5.88. The molecule has 34 heavy (non-hydrogen) atoms. The van der Waals surface area contributed by atoms with E-state index in [9.17, 15) is 0 Å². The molecule has 3 atom stereocenters. The van der Waals surface area contributed by atoms with E-state index in [4.69, 9.17) is 4.74 Å². The highest BCUT2D eigenvalue weighted by atomic mass is 32.1. The van der Waals surface area contributed by atoms with E-state index in [1.54, 1.807) is 17.5 Å². The zero-order chi connectivity index (χ0) is 23.1. The molecule has 3 aliphatic rings. The fourth-order valence-electron chi connectivity index (χ4n) is 4.96. The summed E-state index contributed by atoms with van der Waals surface area (Å²) in [6.07, 6.45) is 5.60. The number of pyridine rings is 1. The predicted octanol–water partition coefficient (Wildman–Crippen LogP) is 4.62. The number of nitrogens with zero attached hydrogens (tertiary/aromatic N) is 4. The summed E-state index contributed by atoms with van der Waals surface area (Å²) in [4.78, 5) is 8.25. The first-order valence-corrected chi connectivity index (χ1v) is 12.7. The van der Waals surface area contributed by atoms with Crippen LogP contribution in [0, 0.1) is 0 Å². The van der Waals surface area contributed by atoms with Crippen LogP contribution >= 0.6 is 11.3 Å². The Morgan fingerprint density at radius 2 is 2.00 bits per heavy atom. The molecule has 7 rings (SSSR count). The first-order valence-electron chi connectivity index (χ1n) is 11.8. The van der Waals surface area contributed by atoms with Gasteiger partial charge in [-0.15, -0.1) is 16.4 Å². The maximum atomic E-state index is 5.80. The first-order chi connectivity index (χ1) is 16.7. The predicted molar refractivity (Wildman–Crippen MR) is 137 cm³/mol. The van der Waals surface area contributed by atoms with Gasteiger partial charge in [-0.2, -0.15) is 5.10 Å². The molecule has 2 unspecified atom stereocenters. The van der Waals surface area contributed by atoms with Gasteiger partial charge in [-0.1, -0.05) is 24.3 Å². The molecule has 3 saturated heterocycles. The van der Waals surface area contributed by atoms with Crippen molar-refractivity contribution in [2.45, 2.75) is 38.1 Å². The van der Waals surface area contributed by atoms with Crippen LogP contribution in [0.5, 0.6) is 0 Å². The molecule has 0 amide bonds. The Balaban J connectivity index is 1.25. The second-order valence-electron chi connectivity index (χ2n) is 9.13. The number of fused-ring (bicyclic) bond motifs is 3. The minimum absolute atomic E-state index is 0.127. The number of morpholine rings is 1. The molecule has 3 aromatic heterocycles. The first kappa shape index (κ1) is 21.5. The van der Waals surface area contributed by atoms with Crippen molar-refractivity contribution in [3.05, 3.63) is 64.6 Å². The number of hydrogen-bond donors (Lipinski definition) is 2. The lowest BCUT2D eigenvalue weighted by atomic mass is 9.98. The molecule has 2 N–H and O–H groups in total. The van der Waals surface area contributed by atoms with Crippen LogP contribution in [0.3, 0.4) is 0 Å². The Morgan fingerprint density at radius 1 is 1.18 bits per heavy atom. The Hall–Kier alpha value is -3.07. The van der Waals surface area contributed by atoms with Crippen LogP contribution in [0.2, 0.25) is 0 Å². The molecule has 0 saturated carbocycles. The van der Waals surface area contributed by atoms with Crippen molar-refractivity contribution in [2.24, 2.45) is 0 Å². The van der Waals surface area contributed by atoms with Gasteiger partial charge in [0, 0.05) is 36.3 Å². The minimum Gasteiger partial charge on any atom is -0.376 e. The third kappa shape index (κ3) is 4.02. The van der Waals surface area contributed by atoms with E-state index >= 15 is 0 Å². The molecule has 0 radical (unpaired) electrons. The van der Waals surface area contributed by atoms with Gasteiger partial charge in [-0.25, -0.2) is 4.98 Å². The van der Waals surface area contributed by atoms with Crippen LogP contribution in [0.4, 0.5) is 11.4 Å². The summed E-state index contributed by atoms with van der Waals surface area (Å²) in [5.74, 6) is 0. The second kappa shape index (κ2) is 8.94. The number of ether oxygens (including phenoxy) is 1. The van der Waals surface area contributed by atoms with Gasteiger partial charge in [-0.05, 0) is 48.2 Å². The number of anilines is 2. The van der Waals surface area contributed by atoms with Crippen LogP contribution in [0.15, 0.2) is 54.2 Å². The molecule has 7 nitrogen and oxygen atoms in total. The van der Waals surface area contributed by atoms with Crippen LogP contribution in [0.25, 0.3) is 22.2 Å². The number of benzene rings is 1. The molecule has 4 aromatic rings. The van der Waals surface area contributed by atoms with E-state index in [0.717, 1.165) is 36.4 Å². The van der Waals surface area contributed by atoms with E-state index in [-0.39, 0.29) is 6.04 Å². The summed E-state index contributed by atoms with van der Waals surface area (Å²) in [5, 5.41) is 18.6. The minimum atomic E-state index is 0.127. The zero-order valence-corrected chi connectivity index (χ0v) is 20.2. The summed E-state index contributed by atoms with van der Waals surface area (Å²) in [6, 6.07) is 13.2.